The first kappa shape index (κ1) is 15.5. The van der Waals surface area contributed by atoms with Crippen LogP contribution in [-0.2, 0) is 9.53 Å². The number of carbonyl (C=O) groups is 2. The van der Waals surface area contributed by atoms with Gasteiger partial charge in [-0.1, -0.05) is 31.5 Å². The smallest absolute Gasteiger partial charge is 0.336 e. The predicted molar refractivity (Wildman–Crippen MR) is 72.5 cm³/mol. The summed E-state index contributed by atoms with van der Waals surface area (Å²) in [4.78, 5) is 22.5. The van der Waals surface area contributed by atoms with Gasteiger partial charge in [-0.15, -0.1) is 11.6 Å². The van der Waals surface area contributed by atoms with E-state index in [1.165, 1.54) is 6.07 Å². The molecule has 0 radical (unpaired) electrons. The number of rotatable bonds is 7. The van der Waals surface area contributed by atoms with Crippen LogP contribution in [0.25, 0.3) is 0 Å². The third-order valence-corrected chi connectivity index (χ3v) is 2.96. The van der Waals surface area contributed by atoms with Crippen molar-refractivity contribution in [1.82, 2.24) is 0 Å². The Kier molecular flexibility index (Phi) is 6.36. The molecule has 19 heavy (non-hydrogen) atoms. The quantitative estimate of drug-likeness (QED) is 0.616. The van der Waals surface area contributed by atoms with Crippen LogP contribution in [0.15, 0.2) is 24.3 Å². The van der Waals surface area contributed by atoms with E-state index in [-0.39, 0.29) is 11.4 Å². The molecular formula is C14H17ClO4. The van der Waals surface area contributed by atoms with Crippen LogP contribution in [0.2, 0.25) is 0 Å². The third kappa shape index (κ3) is 4.56. The average Bonchev–Trinajstić information content (AvgIpc) is 2.43. The molecule has 0 saturated heterocycles. The minimum atomic E-state index is -1.03. The SMILES string of the molecule is CCCC[C@@H](OC(=O)CCl)c1ccccc1C(=O)O. The highest BCUT2D eigenvalue weighted by molar-refractivity contribution is 6.26. The van der Waals surface area contributed by atoms with E-state index in [2.05, 4.69) is 0 Å². The summed E-state index contributed by atoms with van der Waals surface area (Å²) in [6.45, 7) is 2.02. The number of carboxylic acids is 1. The van der Waals surface area contributed by atoms with E-state index in [0.29, 0.717) is 12.0 Å². The zero-order valence-electron chi connectivity index (χ0n) is 10.8. The maximum atomic E-state index is 11.3. The highest BCUT2D eigenvalue weighted by atomic mass is 35.5. The van der Waals surface area contributed by atoms with Crippen molar-refractivity contribution in [2.45, 2.75) is 32.3 Å². The van der Waals surface area contributed by atoms with Gasteiger partial charge >= 0.3 is 11.9 Å². The molecule has 1 rings (SSSR count). The standard InChI is InChI=1S/C14H17ClO4/c1-2-3-8-12(19-13(16)9-15)10-6-4-5-7-11(10)14(17)18/h4-7,12H,2-3,8-9H2,1H3,(H,17,18)/t12-/m1/s1. The summed E-state index contributed by atoms with van der Waals surface area (Å²) in [5.41, 5.74) is 0.674. The molecule has 0 aromatic heterocycles. The molecule has 0 bridgehead atoms. The molecule has 0 spiro atoms. The number of alkyl halides is 1. The second-order valence-corrected chi connectivity index (χ2v) is 4.41. The van der Waals surface area contributed by atoms with Crippen molar-refractivity contribution in [3.63, 3.8) is 0 Å². The van der Waals surface area contributed by atoms with E-state index in [0.717, 1.165) is 12.8 Å². The Morgan fingerprint density at radius 1 is 1.37 bits per heavy atom. The second-order valence-electron chi connectivity index (χ2n) is 4.15. The van der Waals surface area contributed by atoms with Crippen molar-refractivity contribution >= 4 is 23.5 Å². The summed E-state index contributed by atoms with van der Waals surface area (Å²) < 4.78 is 5.24. The Morgan fingerprint density at radius 3 is 2.63 bits per heavy atom. The van der Waals surface area contributed by atoms with Crippen LogP contribution in [0, 0.1) is 0 Å². The van der Waals surface area contributed by atoms with E-state index in [9.17, 15) is 9.59 Å². The van der Waals surface area contributed by atoms with E-state index >= 15 is 0 Å². The molecule has 1 aromatic rings. The van der Waals surface area contributed by atoms with E-state index in [1.807, 2.05) is 6.92 Å². The van der Waals surface area contributed by atoms with E-state index < -0.39 is 18.0 Å². The van der Waals surface area contributed by atoms with Crippen LogP contribution in [0.1, 0.15) is 48.2 Å². The van der Waals surface area contributed by atoms with Gasteiger partial charge in [0.2, 0.25) is 0 Å². The molecule has 0 aliphatic rings. The van der Waals surface area contributed by atoms with Crippen molar-refractivity contribution in [3.8, 4) is 0 Å². The summed E-state index contributed by atoms with van der Waals surface area (Å²) >= 11 is 5.43. The lowest BCUT2D eigenvalue weighted by Crippen LogP contribution is -2.15. The molecule has 104 valence electrons. The average molecular weight is 285 g/mol. The van der Waals surface area contributed by atoms with Crippen LogP contribution in [0.3, 0.4) is 0 Å². The normalized spacial score (nSPS) is 11.9. The minimum absolute atomic E-state index is 0.158. The summed E-state index contributed by atoms with van der Waals surface area (Å²) in [5, 5.41) is 9.16. The number of aromatic carboxylic acids is 1. The molecule has 1 atom stereocenters. The fourth-order valence-electron chi connectivity index (χ4n) is 1.83. The van der Waals surface area contributed by atoms with Gasteiger partial charge in [0.05, 0.1) is 5.56 Å². The first-order valence-corrected chi connectivity index (χ1v) is 6.71. The van der Waals surface area contributed by atoms with Gasteiger partial charge in [0.25, 0.3) is 0 Å². The monoisotopic (exact) mass is 284 g/mol. The fraction of sp³-hybridized carbons (Fsp3) is 0.429. The number of halogens is 1. The predicted octanol–water partition coefficient (Wildman–Crippen LogP) is 3.40. The molecule has 0 aliphatic heterocycles. The Bertz CT molecular complexity index is 445. The number of carboxylic acid groups (broad SMARTS) is 1. The lowest BCUT2D eigenvalue weighted by molar-refractivity contribution is -0.146. The van der Waals surface area contributed by atoms with Crippen LogP contribution in [0.4, 0.5) is 0 Å². The van der Waals surface area contributed by atoms with Gasteiger partial charge in [-0.05, 0) is 18.9 Å². The largest absolute Gasteiger partial charge is 0.478 e. The number of hydrogen-bond donors (Lipinski definition) is 1. The maximum Gasteiger partial charge on any atom is 0.336 e. The van der Waals surface area contributed by atoms with Crippen LogP contribution in [-0.4, -0.2) is 22.9 Å². The van der Waals surface area contributed by atoms with Gasteiger partial charge in [0.1, 0.15) is 12.0 Å². The Balaban J connectivity index is 3.02. The van der Waals surface area contributed by atoms with Gasteiger partial charge in [-0.2, -0.15) is 0 Å². The van der Waals surface area contributed by atoms with Crippen molar-refractivity contribution in [2.24, 2.45) is 0 Å². The maximum absolute atomic E-state index is 11.3. The fourth-order valence-corrected chi connectivity index (χ4v) is 1.89. The Hall–Kier alpha value is -1.55. The Morgan fingerprint density at radius 2 is 2.05 bits per heavy atom. The molecule has 1 aromatic carbocycles. The van der Waals surface area contributed by atoms with Gasteiger partial charge in [-0.25, -0.2) is 4.79 Å². The van der Waals surface area contributed by atoms with Crippen molar-refractivity contribution in [3.05, 3.63) is 35.4 Å². The number of hydrogen-bond acceptors (Lipinski definition) is 3. The van der Waals surface area contributed by atoms with Crippen molar-refractivity contribution in [1.29, 1.82) is 0 Å². The van der Waals surface area contributed by atoms with Gasteiger partial charge in [-0.3, -0.25) is 4.79 Å². The van der Waals surface area contributed by atoms with E-state index in [1.54, 1.807) is 18.2 Å². The molecule has 0 heterocycles. The molecule has 4 nitrogen and oxygen atoms in total. The zero-order valence-corrected chi connectivity index (χ0v) is 11.5. The van der Waals surface area contributed by atoms with Gasteiger partial charge < -0.3 is 9.84 Å². The number of carbonyl (C=O) groups excluding carboxylic acids is 1. The molecule has 0 aliphatic carbocycles. The minimum Gasteiger partial charge on any atom is -0.478 e. The number of ether oxygens (including phenoxy) is 1. The third-order valence-electron chi connectivity index (χ3n) is 2.74. The highest BCUT2D eigenvalue weighted by Crippen LogP contribution is 2.27. The summed E-state index contributed by atoms with van der Waals surface area (Å²) in [5.74, 6) is -1.81. The number of unbranched alkanes of at least 4 members (excludes halogenated alkanes) is 1. The molecule has 1 N–H and O–H groups in total. The second kappa shape index (κ2) is 7.79. The molecule has 0 saturated carbocycles. The molecule has 0 amide bonds. The topological polar surface area (TPSA) is 63.6 Å². The zero-order chi connectivity index (χ0) is 14.3. The summed E-state index contributed by atoms with van der Waals surface area (Å²) in [7, 11) is 0. The van der Waals surface area contributed by atoms with Crippen LogP contribution >= 0.6 is 11.6 Å². The molecule has 0 fully saturated rings. The summed E-state index contributed by atoms with van der Waals surface area (Å²) in [6.07, 6.45) is 1.81. The van der Waals surface area contributed by atoms with Crippen molar-refractivity contribution < 1.29 is 19.4 Å². The van der Waals surface area contributed by atoms with Crippen LogP contribution < -0.4 is 0 Å². The summed E-state index contributed by atoms with van der Waals surface area (Å²) in [6, 6.07) is 6.55. The van der Waals surface area contributed by atoms with Gasteiger partial charge in [0.15, 0.2) is 0 Å². The first-order chi connectivity index (χ1) is 9.10. The Labute approximate surface area is 117 Å². The van der Waals surface area contributed by atoms with E-state index in [4.69, 9.17) is 21.4 Å². The molecule has 0 unspecified atom stereocenters. The van der Waals surface area contributed by atoms with Crippen molar-refractivity contribution in [2.75, 3.05) is 5.88 Å². The highest BCUT2D eigenvalue weighted by Gasteiger charge is 2.21. The lowest BCUT2D eigenvalue weighted by Gasteiger charge is -2.19. The van der Waals surface area contributed by atoms with Crippen LogP contribution in [0.5, 0.6) is 0 Å². The van der Waals surface area contributed by atoms with Gasteiger partial charge in [0, 0.05) is 5.56 Å². The number of esters is 1. The number of benzene rings is 1. The molecular weight excluding hydrogens is 268 g/mol. The first-order valence-electron chi connectivity index (χ1n) is 6.17. The lowest BCUT2D eigenvalue weighted by atomic mass is 9.98. The molecule has 5 heteroatoms.